The summed E-state index contributed by atoms with van der Waals surface area (Å²) in [6, 6.07) is 26.3. The summed E-state index contributed by atoms with van der Waals surface area (Å²) >= 11 is 0. The Labute approximate surface area is 157 Å². The van der Waals surface area contributed by atoms with Crippen LogP contribution in [-0.4, -0.2) is 0 Å². The van der Waals surface area contributed by atoms with Gasteiger partial charge in [-0.15, -0.1) is 0 Å². The minimum atomic E-state index is 0.380. The van der Waals surface area contributed by atoms with Crippen LogP contribution in [0, 0.1) is 0 Å². The summed E-state index contributed by atoms with van der Waals surface area (Å²) in [6.45, 7) is 12.2. The van der Waals surface area contributed by atoms with Crippen molar-refractivity contribution in [3.05, 3.63) is 119 Å². The van der Waals surface area contributed by atoms with Crippen molar-refractivity contribution in [1.82, 2.24) is 0 Å². The highest BCUT2D eigenvalue weighted by atomic mass is 14.2. The van der Waals surface area contributed by atoms with Crippen molar-refractivity contribution >= 4 is 12.2 Å². The second-order valence-corrected chi connectivity index (χ2v) is 6.85. The van der Waals surface area contributed by atoms with Crippen LogP contribution in [-0.2, 0) is 0 Å². The molecule has 0 aliphatic carbocycles. The maximum atomic E-state index is 3.82. The zero-order valence-electron chi connectivity index (χ0n) is 15.7. The van der Waals surface area contributed by atoms with Gasteiger partial charge < -0.3 is 0 Å². The van der Waals surface area contributed by atoms with E-state index in [0.717, 1.165) is 11.1 Å². The molecular weight excluding hydrogens is 312 g/mol. The molecule has 0 N–H and O–H groups in total. The smallest absolute Gasteiger partial charge is 0.00610 e. The Bertz CT molecular complexity index is 788. The van der Waals surface area contributed by atoms with Crippen LogP contribution in [0.4, 0.5) is 0 Å². The van der Waals surface area contributed by atoms with E-state index in [1.807, 2.05) is 12.2 Å². The summed E-state index contributed by atoms with van der Waals surface area (Å²) in [6.07, 6.45) is 3.76. The van der Waals surface area contributed by atoms with Gasteiger partial charge in [0.05, 0.1) is 0 Å². The third-order valence-corrected chi connectivity index (χ3v) is 5.28. The Morgan fingerprint density at radius 2 is 0.731 bits per heavy atom. The summed E-state index contributed by atoms with van der Waals surface area (Å²) in [4.78, 5) is 0. The van der Waals surface area contributed by atoms with E-state index < -0.39 is 0 Å². The molecule has 0 saturated heterocycles. The van der Waals surface area contributed by atoms with Crippen molar-refractivity contribution in [3.8, 4) is 0 Å². The summed E-state index contributed by atoms with van der Waals surface area (Å²) in [5, 5.41) is 0. The van der Waals surface area contributed by atoms with E-state index in [9.17, 15) is 0 Å². The van der Waals surface area contributed by atoms with Gasteiger partial charge >= 0.3 is 0 Å². The van der Waals surface area contributed by atoms with Gasteiger partial charge in [-0.05, 0) is 33.4 Å². The van der Waals surface area contributed by atoms with Crippen molar-refractivity contribution < 1.29 is 0 Å². The molecule has 0 radical (unpaired) electrons. The standard InChI is InChI=1S/C26H26/c1-5-21-7-11-23(12-8-21)19(3)25-15-17-26(18-16-25)20(4)24-13-9-22(6-2)10-14-24/h5-20H,1-2H2,3-4H3. The monoisotopic (exact) mass is 338 g/mol. The lowest BCUT2D eigenvalue weighted by atomic mass is 9.88. The molecule has 0 heterocycles. The highest BCUT2D eigenvalue weighted by molar-refractivity contribution is 5.49. The average molecular weight is 338 g/mol. The van der Waals surface area contributed by atoms with E-state index in [1.54, 1.807) is 0 Å². The predicted molar refractivity (Wildman–Crippen MR) is 115 cm³/mol. The molecule has 130 valence electrons. The van der Waals surface area contributed by atoms with Gasteiger partial charge in [-0.2, -0.15) is 0 Å². The Balaban J connectivity index is 1.77. The Morgan fingerprint density at radius 3 is 0.962 bits per heavy atom. The van der Waals surface area contributed by atoms with Gasteiger partial charge in [0.15, 0.2) is 0 Å². The topological polar surface area (TPSA) is 0 Å². The van der Waals surface area contributed by atoms with E-state index in [-0.39, 0.29) is 0 Å². The molecule has 0 aromatic heterocycles. The molecule has 26 heavy (non-hydrogen) atoms. The Morgan fingerprint density at radius 1 is 0.500 bits per heavy atom. The Hall–Kier alpha value is -2.86. The summed E-state index contributed by atoms with van der Waals surface area (Å²) in [7, 11) is 0. The first kappa shape index (κ1) is 17.9. The van der Waals surface area contributed by atoms with Crippen molar-refractivity contribution in [1.29, 1.82) is 0 Å². The SMILES string of the molecule is C=Cc1ccc(C(C)c2ccc(C(C)c3ccc(C=C)cc3)cc2)cc1. The molecule has 0 bridgehead atoms. The molecular formula is C26H26. The van der Waals surface area contributed by atoms with Crippen LogP contribution in [0.1, 0.15) is 59.1 Å². The maximum Gasteiger partial charge on any atom is 0.00610 e. The van der Waals surface area contributed by atoms with E-state index in [0.29, 0.717) is 11.8 Å². The third-order valence-electron chi connectivity index (χ3n) is 5.28. The zero-order valence-corrected chi connectivity index (χ0v) is 15.7. The number of benzene rings is 3. The minimum absolute atomic E-state index is 0.380. The zero-order chi connectivity index (χ0) is 18.5. The van der Waals surface area contributed by atoms with Gasteiger partial charge in [-0.25, -0.2) is 0 Å². The lowest BCUT2D eigenvalue weighted by molar-refractivity contribution is 0.898. The first-order valence-corrected chi connectivity index (χ1v) is 9.17. The van der Waals surface area contributed by atoms with Gasteiger partial charge in [0.1, 0.15) is 0 Å². The van der Waals surface area contributed by atoms with Crippen LogP contribution in [0.15, 0.2) is 86.0 Å². The van der Waals surface area contributed by atoms with Crippen molar-refractivity contribution in [3.63, 3.8) is 0 Å². The molecule has 2 atom stereocenters. The predicted octanol–water partition coefficient (Wildman–Crippen LogP) is 7.28. The molecule has 0 nitrogen and oxygen atoms in total. The van der Waals surface area contributed by atoms with Crippen LogP contribution in [0.3, 0.4) is 0 Å². The fourth-order valence-corrected chi connectivity index (χ4v) is 3.30. The lowest BCUT2D eigenvalue weighted by Crippen LogP contribution is -1.99. The molecule has 2 unspecified atom stereocenters. The minimum Gasteiger partial charge on any atom is -0.0985 e. The Kier molecular flexibility index (Phi) is 5.53. The second kappa shape index (κ2) is 8.01. The normalized spacial score (nSPS) is 13.0. The molecule has 0 aliphatic rings. The van der Waals surface area contributed by atoms with Crippen molar-refractivity contribution in [2.24, 2.45) is 0 Å². The first-order chi connectivity index (χ1) is 12.6. The molecule has 0 amide bonds. The van der Waals surface area contributed by atoms with Gasteiger partial charge in [0, 0.05) is 11.8 Å². The lowest BCUT2D eigenvalue weighted by Gasteiger charge is -2.16. The largest absolute Gasteiger partial charge is 0.0985 e. The highest BCUT2D eigenvalue weighted by Crippen LogP contribution is 2.29. The van der Waals surface area contributed by atoms with E-state index >= 15 is 0 Å². The van der Waals surface area contributed by atoms with E-state index in [1.165, 1.54) is 22.3 Å². The summed E-state index contributed by atoms with van der Waals surface area (Å²) in [5.41, 5.74) is 7.66. The van der Waals surface area contributed by atoms with Gasteiger partial charge in [0.2, 0.25) is 0 Å². The van der Waals surface area contributed by atoms with Gasteiger partial charge in [-0.3, -0.25) is 0 Å². The second-order valence-electron chi connectivity index (χ2n) is 6.85. The summed E-state index contributed by atoms with van der Waals surface area (Å²) < 4.78 is 0. The van der Waals surface area contributed by atoms with Crippen LogP contribution in [0.25, 0.3) is 12.2 Å². The molecule has 0 saturated carbocycles. The fourth-order valence-electron chi connectivity index (χ4n) is 3.30. The molecule has 0 heteroatoms. The first-order valence-electron chi connectivity index (χ1n) is 9.17. The fraction of sp³-hybridized carbons (Fsp3) is 0.154. The van der Waals surface area contributed by atoms with Gasteiger partial charge in [0.25, 0.3) is 0 Å². The van der Waals surface area contributed by atoms with Crippen molar-refractivity contribution in [2.75, 3.05) is 0 Å². The number of hydrogen-bond acceptors (Lipinski definition) is 0. The maximum absolute atomic E-state index is 3.82. The van der Waals surface area contributed by atoms with E-state index in [2.05, 4.69) is 99.8 Å². The molecule has 0 fully saturated rings. The number of hydrogen-bond donors (Lipinski definition) is 0. The van der Waals surface area contributed by atoms with Crippen molar-refractivity contribution in [2.45, 2.75) is 25.7 Å². The van der Waals surface area contributed by atoms with Crippen LogP contribution in [0.5, 0.6) is 0 Å². The molecule has 3 aromatic carbocycles. The van der Waals surface area contributed by atoms with Crippen LogP contribution < -0.4 is 0 Å². The quantitative estimate of drug-likeness (QED) is 0.443. The average Bonchev–Trinajstić information content (AvgIpc) is 2.73. The molecule has 0 spiro atoms. The van der Waals surface area contributed by atoms with E-state index in [4.69, 9.17) is 0 Å². The molecule has 3 rings (SSSR count). The number of rotatable bonds is 6. The molecule has 3 aromatic rings. The highest BCUT2D eigenvalue weighted by Gasteiger charge is 2.11. The third kappa shape index (κ3) is 3.86. The summed E-state index contributed by atoms with van der Waals surface area (Å²) in [5.74, 6) is 0.759. The molecule has 0 aliphatic heterocycles. The van der Waals surface area contributed by atoms with Gasteiger partial charge in [-0.1, -0.05) is 112 Å². The van der Waals surface area contributed by atoms with Crippen LogP contribution in [0.2, 0.25) is 0 Å². The van der Waals surface area contributed by atoms with Crippen LogP contribution >= 0.6 is 0 Å².